The van der Waals surface area contributed by atoms with Crippen LogP contribution in [0.3, 0.4) is 0 Å². The molecule has 0 unspecified atom stereocenters. The predicted molar refractivity (Wildman–Crippen MR) is 104 cm³/mol. The van der Waals surface area contributed by atoms with E-state index in [1.165, 1.54) is 0 Å². The molecule has 0 aliphatic carbocycles. The minimum absolute atomic E-state index is 0.176. The average Bonchev–Trinajstić information content (AvgIpc) is 3.17. The number of fused-ring (bicyclic) bond motifs is 1. The molecule has 2 aromatic rings. The lowest BCUT2D eigenvalue weighted by Gasteiger charge is -2.33. The number of nitrogens with zero attached hydrogens (tertiary/aromatic N) is 7. The normalized spacial score (nSPS) is 18.8. The second-order valence-electron chi connectivity index (χ2n) is 7.69. The number of aromatic nitrogens is 5. The van der Waals surface area contributed by atoms with Crippen molar-refractivity contribution in [2.45, 2.75) is 50.9 Å². The lowest BCUT2D eigenvalue weighted by atomic mass is 9.97. The molecule has 4 rings (SSSR count). The quantitative estimate of drug-likeness (QED) is 0.714. The number of rotatable bonds is 4. The van der Waals surface area contributed by atoms with E-state index in [4.69, 9.17) is 0 Å². The Bertz CT molecular complexity index is 982. The van der Waals surface area contributed by atoms with Gasteiger partial charge in [-0.05, 0) is 32.8 Å². The fourth-order valence-corrected chi connectivity index (χ4v) is 5.19. The monoisotopic (exact) mass is 419 g/mol. The Morgan fingerprint density at radius 2 is 1.76 bits per heavy atom. The SMILES string of the molecule is CC(C)S(=O)(=O)N1CCC(c2nnc3n2CCN(C(=O)c2ncccn2)C3)CC1. The van der Waals surface area contributed by atoms with E-state index >= 15 is 0 Å². The number of hydrogen-bond acceptors (Lipinski definition) is 7. The highest BCUT2D eigenvalue weighted by molar-refractivity contribution is 7.89. The van der Waals surface area contributed by atoms with Gasteiger partial charge in [0.2, 0.25) is 15.8 Å². The molecule has 156 valence electrons. The Hall–Kier alpha value is -2.40. The molecule has 11 heteroatoms. The summed E-state index contributed by atoms with van der Waals surface area (Å²) in [4.78, 5) is 22.3. The Morgan fingerprint density at radius 3 is 2.41 bits per heavy atom. The van der Waals surface area contributed by atoms with Gasteiger partial charge in [-0.2, -0.15) is 0 Å². The Labute approximate surface area is 170 Å². The van der Waals surface area contributed by atoms with Crippen LogP contribution in [-0.2, 0) is 23.1 Å². The molecular weight excluding hydrogens is 394 g/mol. The zero-order chi connectivity index (χ0) is 20.6. The first-order valence-electron chi connectivity index (χ1n) is 9.85. The maximum absolute atomic E-state index is 12.6. The number of piperidine rings is 1. The molecule has 2 aliphatic heterocycles. The van der Waals surface area contributed by atoms with Crippen LogP contribution in [0.4, 0.5) is 0 Å². The summed E-state index contributed by atoms with van der Waals surface area (Å²) < 4.78 is 28.4. The van der Waals surface area contributed by atoms with Crippen molar-refractivity contribution < 1.29 is 13.2 Å². The Kier molecular flexibility index (Phi) is 5.34. The lowest BCUT2D eigenvalue weighted by molar-refractivity contribution is 0.0693. The summed E-state index contributed by atoms with van der Waals surface area (Å²) in [6.45, 7) is 5.95. The third-order valence-electron chi connectivity index (χ3n) is 5.60. The van der Waals surface area contributed by atoms with E-state index in [0.29, 0.717) is 32.7 Å². The average molecular weight is 420 g/mol. The largest absolute Gasteiger partial charge is 0.327 e. The van der Waals surface area contributed by atoms with Crippen molar-refractivity contribution in [1.82, 2.24) is 33.9 Å². The highest BCUT2D eigenvalue weighted by Crippen LogP contribution is 2.30. The van der Waals surface area contributed by atoms with Gasteiger partial charge in [-0.15, -0.1) is 10.2 Å². The summed E-state index contributed by atoms with van der Waals surface area (Å²) in [6, 6.07) is 1.67. The van der Waals surface area contributed by atoms with Crippen molar-refractivity contribution in [1.29, 1.82) is 0 Å². The van der Waals surface area contributed by atoms with E-state index in [9.17, 15) is 13.2 Å². The van der Waals surface area contributed by atoms with Crippen molar-refractivity contribution in [3.05, 3.63) is 35.9 Å². The highest BCUT2D eigenvalue weighted by Gasteiger charge is 2.34. The second-order valence-corrected chi connectivity index (χ2v) is 10.2. The van der Waals surface area contributed by atoms with Crippen molar-refractivity contribution in [3.63, 3.8) is 0 Å². The van der Waals surface area contributed by atoms with Crippen LogP contribution in [0, 0.1) is 0 Å². The van der Waals surface area contributed by atoms with Gasteiger partial charge >= 0.3 is 0 Å². The maximum Gasteiger partial charge on any atom is 0.292 e. The zero-order valence-electron chi connectivity index (χ0n) is 16.6. The number of sulfonamides is 1. The third-order valence-corrected chi connectivity index (χ3v) is 7.88. The molecule has 0 saturated carbocycles. The molecule has 29 heavy (non-hydrogen) atoms. The van der Waals surface area contributed by atoms with Gasteiger partial charge in [0.25, 0.3) is 5.91 Å². The first-order chi connectivity index (χ1) is 13.9. The second kappa shape index (κ2) is 7.79. The molecule has 1 saturated heterocycles. The first-order valence-corrected chi connectivity index (χ1v) is 11.4. The number of carbonyl (C=O) groups is 1. The predicted octanol–water partition coefficient (Wildman–Crippen LogP) is 0.642. The van der Waals surface area contributed by atoms with Crippen LogP contribution in [0.2, 0.25) is 0 Å². The summed E-state index contributed by atoms with van der Waals surface area (Å²) in [5, 5.41) is 8.28. The van der Waals surface area contributed by atoms with Crippen LogP contribution >= 0.6 is 0 Å². The van der Waals surface area contributed by atoms with Crippen LogP contribution in [0.15, 0.2) is 18.5 Å². The number of carbonyl (C=O) groups excluding carboxylic acids is 1. The molecule has 10 nitrogen and oxygen atoms in total. The summed E-state index contributed by atoms with van der Waals surface area (Å²) in [7, 11) is -3.22. The first kappa shape index (κ1) is 19.9. The van der Waals surface area contributed by atoms with Crippen LogP contribution in [0.25, 0.3) is 0 Å². The van der Waals surface area contributed by atoms with E-state index in [-0.39, 0.29) is 17.6 Å². The minimum atomic E-state index is -3.22. The van der Waals surface area contributed by atoms with E-state index in [0.717, 1.165) is 24.5 Å². The van der Waals surface area contributed by atoms with E-state index in [1.54, 1.807) is 41.5 Å². The molecular formula is C18H25N7O3S. The van der Waals surface area contributed by atoms with Crippen LogP contribution in [0.1, 0.15) is 54.9 Å². The van der Waals surface area contributed by atoms with Gasteiger partial charge in [0.15, 0.2) is 5.82 Å². The van der Waals surface area contributed by atoms with Crippen LogP contribution in [-0.4, -0.2) is 73.1 Å². The van der Waals surface area contributed by atoms with Crippen molar-refractivity contribution in [2.24, 2.45) is 0 Å². The fourth-order valence-electron chi connectivity index (χ4n) is 3.87. The topological polar surface area (TPSA) is 114 Å². The molecule has 0 radical (unpaired) electrons. The van der Waals surface area contributed by atoms with Gasteiger partial charge < -0.3 is 9.47 Å². The lowest BCUT2D eigenvalue weighted by Crippen LogP contribution is -2.42. The molecule has 0 bridgehead atoms. The van der Waals surface area contributed by atoms with Crippen LogP contribution < -0.4 is 0 Å². The molecule has 2 aliphatic rings. The van der Waals surface area contributed by atoms with Gasteiger partial charge in [0.05, 0.1) is 11.8 Å². The van der Waals surface area contributed by atoms with Crippen molar-refractivity contribution >= 4 is 15.9 Å². The molecule has 1 fully saturated rings. The summed E-state index contributed by atoms with van der Waals surface area (Å²) in [5.41, 5.74) is 0. The van der Waals surface area contributed by atoms with Gasteiger partial charge in [0, 0.05) is 44.5 Å². The standard InChI is InChI=1S/C18H25N7O3S/c1-13(2)29(27,28)24-8-4-14(5-9-24)17-22-21-15-12-23(10-11-25(15)17)18(26)16-19-6-3-7-20-16/h3,6-7,13-14H,4-5,8-12H2,1-2H3. The van der Waals surface area contributed by atoms with Crippen LogP contribution in [0.5, 0.6) is 0 Å². The number of hydrogen-bond donors (Lipinski definition) is 0. The summed E-state index contributed by atoms with van der Waals surface area (Å²) in [5.74, 6) is 1.78. The molecule has 0 spiro atoms. The van der Waals surface area contributed by atoms with Gasteiger partial charge in [0.1, 0.15) is 5.82 Å². The maximum atomic E-state index is 12.6. The Balaban J connectivity index is 1.44. The molecule has 1 amide bonds. The minimum Gasteiger partial charge on any atom is -0.327 e. The third kappa shape index (κ3) is 3.76. The molecule has 4 heterocycles. The smallest absolute Gasteiger partial charge is 0.292 e. The van der Waals surface area contributed by atoms with E-state index in [2.05, 4.69) is 24.7 Å². The molecule has 0 aromatic carbocycles. The molecule has 2 aromatic heterocycles. The number of amides is 1. The van der Waals surface area contributed by atoms with Crippen molar-refractivity contribution in [3.8, 4) is 0 Å². The summed E-state index contributed by atoms with van der Waals surface area (Å²) in [6.07, 6.45) is 4.56. The summed E-state index contributed by atoms with van der Waals surface area (Å²) >= 11 is 0. The fraction of sp³-hybridized carbons (Fsp3) is 0.611. The van der Waals surface area contributed by atoms with Gasteiger partial charge in [-0.3, -0.25) is 4.79 Å². The van der Waals surface area contributed by atoms with Gasteiger partial charge in [-0.25, -0.2) is 22.7 Å². The van der Waals surface area contributed by atoms with E-state index in [1.807, 2.05) is 0 Å². The molecule has 0 N–H and O–H groups in total. The van der Waals surface area contributed by atoms with E-state index < -0.39 is 15.3 Å². The van der Waals surface area contributed by atoms with Gasteiger partial charge in [-0.1, -0.05) is 0 Å². The zero-order valence-corrected chi connectivity index (χ0v) is 17.4. The molecule has 0 atom stereocenters. The Morgan fingerprint density at radius 1 is 1.07 bits per heavy atom. The van der Waals surface area contributed by atoms with Crippen molar-refractivity contribution in [2.75, 3.05) is 19.6 Å². The highest BCUT2D eigenvalue weighted by atomic mass is 32.2.